The zero-order chi connectivity index (χ0) is 26.0. The number of carbonyl (C=O) groups excluding carboxylic acids is 1. The second-order valence-corrected chi connectivity index (χ2v) is 12.1. The van der Waals surface area contributed by atoms with E-state index in [9.17, 15) is 13.2 Å². The number of hydrogen-bond donors (Lipinski definition) is 0. The van der Waals surface area contributed by atoms with Gasteiger partial charge in [0, 0.05) is 6.54 Å². The molecule has 0 bridgehead atoms. The molecule has 7 nitrogen and oxygen atoms in total. The second-order valence-electron chi connectivity index (χ2n) is 8.32. The van der Waals surface area contributed by atoms with Gasteiger partial charge in [0.1, 0.15) is 4.21 Å². The summed E-state index contributed by atoms with van der Waals surface area (Å²) in [6, 6.07) is 8.65. The highest BCUT2D eigenvalue weighted by Gasteiger charge is 2.34. The van der Waals surface area contributed by atoms with Gasteiger partial charge in [-0.25, -0.2) is 0 Å². The molecule has 0 atom stereocenters. The van der Waals surface area contributed by atoms with Gasteiger partial charge in [-0.05, 0) is 60.3 Å². The summed E-state index contributed by atoms with van der Waals surface area (Å²) >= 11 is 2.16. The molecule has 1 fully saturated rings. The summed E-state index contributed by atoms with van der Waals surface area (Å²) < 4.78 is 40.8. The number of amides is 1. The molecule has 1 aromatic heterocycles. The summed E-state index contributed by atoms with van der Waals surface area (Å²) in [5, 5.41) is 1.84. The Labute approximate surface area is 222 Å². The normalized spacial score (nSPS) is 16.3. The Balaban J connectivity index is 1.71. The van der Waals surface area contributed by atoms with Gasteiger partial charge in [0.15, 0.2) is 16.7 Å². The highest BCUT2D eigenvalue weighted by atomic mass is 32.2. The number of benzene rings is 1. The fraction of sp³-hybridized carbons (Fsp3) is 0.462. The molecule has 3 rings (SSSR count). The number of rotatable bonds is 14. The quantitative estimate of drug-likeness (QED) is 0.195. The van der Waals surface area contributed by atoms with Crippen molar-refractivity contribution in [2.24, 2.45) is 4.40 Å². The first-order chi connectivity index (χ1) is 17.4. The van der Waals surface area contributed by atoms with Crippen LogP contribution in [0.5, 0.6) is 11.5 Å². The summed E-state index contributed by atoms with van der Waals surface area (Å²) in [7, 11) is -2.28. The van der Waals surface area contributed by atoms with Crippen LogP contribution in [-0.2, 0) is 14.8 Å². The van der Waals surface area contributed by atoms with E-state index >= 15 is 0 Å². The fourth-order valence-corrected chi connectivity index (χ4v) is 6.91. The van der Waals surface area contributed by atoms with Crippen molar-refractivity contribution < 1.29 is 22.7 Å². The highest BCUT2D eigenvalue weighted by molar-refractivity contribution is 8.19. The zero-order valence-corrected chi connectivity index (χ0v) is 23.5. The molecule has 1 saturated heterocycles. The maximum Gasteiger partial charge on any atom is 0.294 e. The van der Waals surface area contributed by atoms with E-state index in [4.69, 9.17) is 9.47 Å². The molecular formula is C26H34N2O5S3. The van der Waals surface area contributed by atoms with Crippen LogP contribution in [0.15, 0.2) is 49.2 Å². The summed E-state index contributed by atoms with van der Waals surface area (Å²) in [6.07, 6.45) is 10.1. The molecule has 0 spiro atoms. The molecule has 196 valence electrons. The lowest BCUT2D eigenvalue weighted by Gasteiger charge is -2.12. The van der Waals surface area contributed by atoms with Crippen LogP contribution in [-0.4, -0.2) is 44.7 Å². The van der Waals surface area contributed by atoms with Crippen molar-refractivity contribution in [3.8, 4) is 11.5 Å². The Kier molecular flexibility index (Phi) is 10.9. The van der Waals surface area contributed by atoms with Gasteiger partial charge in [-0.1, -0.05) is 57.6 Å². The van der Waals surface area contributed by atoms with Crippen LogP contribution < -0.4 is 9.47 Å². The van der Waals surface area contributed by atoms with Gasteiger partial charge in [0.05, 0.1) is 18.6 Å². The van der Waals surface area contributed by atoms with E-state index in [-0.39, 0.29) is 15.3 Å². The zero-order valence-electron chi connectivity index (χ0n) is 21.1. The molecule has 1 amide bonds. The van der Waals surface area contributed by atoms with Crippen molar-refractivity contribution in [3.05, 3.63) is 46.2 Å². The third-order valence-electron chi connectivity index (χ3n) is 5.64. The van der Waals surface area contributed by atoms with Gasteiger partial charge in [-0.3, -0.25) is 9.69 Å². The first kappa shape index (κ1) is 28.3. The number of nitrogens with zero attached hydrogens (tertiary/aromatic N) is 2. The molecule has 2 heterocycles. The van der Waals surface area contributed by atoms with Crippen molar-refractivity contribution in [1.29, 1.82) is 0 Å². The topological polar surface area (TPSA) is 85.3 Å². The highest BCUT2D eigenvalue weighted by Crippen LogP contribution is 2.36. The van der Waals surface area contributed by atoms with E-state index < -0.39 is 10.0 Å². The Morgan fingerprint density at radius 2 is 1.78 bits per heavy atom. The van der Waals surface area contributed by atoms with E-state index in [1.165, 1.54) is 43.1 Å². The van der Waals surface area contributed by atoms with Crippen LogP contribution in [0.3, 0.4) is 0 Å². The number of hydrogen-bond acceptors (Lipinski definition) is 7. The van der Waals surface area contributed by atoms with Crippen molar-refractivity contribution in [1.82, 2.24) is 4.90 Å². The maximum atomic E-state index is 13.0. The number of unbranched alkanes of at least 4 members (excludes halogenated alkanes) is 6. The largest absolute Gasteiger partial charge is 0.493 e. The number of likely N-dealkylation sites (N-methyl/N-ethyl adjacent to an activating group) is 1. The number of amidine groups is 1. The molecule has 1 aliphatic rings. The van der Waals surface area contributed by atoms with Crippen molar-refractivity contribution >= 4 is 50.3 Å². The van der Waals surface area contributed by atoms with Gasteiger partial charge in [0.2, 0.25) is 0 Å². The molecule has 10 heteroatoms. The summed E-state index contributed by atoms with van der Waals surface area (Å²) in [5.74, 6) is 0.976. The Morgan fingerprint density at radius 3 is 2.44 bits per heavy atom. The number of sulfonamides is 1. The predicted octanol–water partition coefficient (Wildman–Crippen LogP) is 6.57. The van der Waals surface area contributed by atoms with E-state index in [0.29, 0.717) is 29.6 Å². The van der Waals surface area contributed by atoms with Crippen LogP contribution in [0, 0.1) is 0 Å². The Hall–Kier alpha value is -2.30. The number of ether oxygens (including phenoxy) is 2. The SMILES string of the molecule is CCCCCCCCCOc1cc(C=C2SC(=NS(=O)(=O)c3cccs3)N(CC)C2=O)ccc1OC. The van der Waals surface area contributed by atoms with Crippen molar-refractivity contribution in [3.63, 3.8) is 0 Å². The smallest absolute Gasteiger partial charge is 0.294 e. The van der Waals surface area contributed by atoms with Crippen LogP contribution in [0.4, 0.5) is 0 Å². The third-order valence-corrected chi connectivity index (χ3v) is 9.40. The average Bonchev–Trinajstić information content (AvgIpc) is 3.50. The van der Waals surface area contributed by atoms with Gasteiger partial charge < -0.3 is 9.47 Å². The van der Waals surface area contributed by atoms with E-state index in [0.717, 1.165) is 41.5 Å². The lowest BCUT2D eigenvalue weighted by atomic mass is 10.1. The lowest BCUT2D eigenvalue weighted by molar-refractivity contribution is -0.122. The minimum Gasteiger partial charge on any atom is -0.493 e. The number of thiophene rings is 1. The van der Waals surface area contributed by atoms with Crippen LogP contribution in [0.2, 0.25) is 0 Å². The molecule has 0 unspecified atom stereocenters. The minimum absolute atomic E-state index is 0.148. The van der Waals surface area contributed by atoms with Gasteiger partial charge in [-0.15, -0.1) is 15.7 Å². The van der Waals surface area contributed by atoms with Crippen LogP contribution in [0.1, 0.15) is 64.4 Å². The molecule has 36 heavy (non-hydrogen) atoms. The molecule has 0 saturated carbocycles. The van der Waals surface area contributed by atoms with Crippen molar-refractivity contribution in [2.45, 2.75) is 63.0 Å². The third kappa shape index (κ3) is 7.60. The van der Waals surface area contributed by atoms with Gasteiger partial charge in [-0.2, -0.15) is 8.42 Å². The molecule has 2 aromatic rings. The number of thioether (sulfide) groups is 1. The van der Waals surface area contributed by atoms with E-state index in [1.807, 2.05) is 18.2 Å². The molecule has 0 aliphatic carbocycles. The van der Waals surface area contributed by atoms with E-state index in [2.05, 4.69) is 11.3 Å². The predicted molar refractivity (Wildman–Crippen MR) is 148 cm³/mol. The molecule has 1 aliphatic heterocycles. The molecular weight excluding hydrogens is 516 g/mol. The van der Waals surface area contributed by atoms with Crippen molar-refractivity contribution in [2.75, 3.05) is 20.3 Å². The summed E-state index contributed by atoms with van der Waals surface area (Å²) in [5.41, 5.74) is 0.764. The Bertz CT molecular complexity index is 1170. The minimum atomic E-state index is -3.87. The monoisotopic (exact) mass is 550 g/mol. The van der Waals surface area contributed by atoms with E-state index in [1.54, 1.807) is 31.6 Å². The molecule has 0 N–H and O–H groups in total. The van der Waals surface area contributed by atoms with Gasteiger partial charge >= 0.3 is 0 Å². The van der Waals surface area contributed by atoms with Crippen LogP contribution >= 0.6 is 23.1 Å². The lowest BCUT2D eigenvalue weighted by Crippen LogP contribution is -2.29. The fourth-order valence-electron chi connectivity index (χ4n) is 3.70. The summed E-state index contributed by atoms with van der Waals surface area (Å²) in [4.78, 5) is 14.8. The molecule has 0 radical (unpaired) electrons. The van der Waals surface area contributed by atoms with Gasteiger partial charge in [0.25, 0.3) is 15.9 Å². The van der Waals surface area contributed by atoms with Crippen LogP contribution in [0.25, 0.3) is 6.08 Å². The number of methoxy groups -OCH3 is 1. The first-order valence-corrected chi connectivity index (χ1v) is 15.4. The average molecular weight is 551 g/mol. The first-order valence-electron chi connectivity index (χ1n) is 12.3. The second kappa shape index (κ2) is 13.9. The maximum absolute atomic E-state index is 13.0. The summed E-state index contributed by atoms with van der Waals surface area (Å²) in [6.45, 7) is 4.92. The standard InChI is InChI=1S/C26H34N2O5S3/c1-4-6-7-8-9-10-11-16-33-22-18-20(14-15-21(22)32-3)19-23-25(29)28(5-2)26(35-23)27-36(30,31)24-13-12-17-34-24/h12-15,17-19H,4-11,16H2,1-3H3. The molecule has 1 aromatic carbocycles. The number of carbonyl (C=O) groups is 1. The Morgan fingerprint density at radius 1 is 1.03 bits per heavy atom.